The van der Waals surface area contributed by atoms with Gasteiger partial charge in [0.1, 0.15) is 18.3 Å². The molecule has 2 aliphatic carbocycles. The van der Waals surface area contributed by atoms with Crippen LogP contribution in [0.1, 0.15) is 39.1 Å². The highest BCUT2D eigenvalue weighted by Gasteiger charge is 2.56. The van der Waals surface area contributed by atoms with Crippen LogP contribution in [0.4, 0.5) is 5.69 Å². The van der Waals surface area contributed by atoms with Crippen LogP contribution in [0.2, 0.25) is 0 Å². The van der Waals surface area contributed by atoms with Crippen molar-refractivity contribution >= 4 is 28.5 Å². The Morgan fingerprint density at radius 3 is 2.94 bits per heavy atom. The van der Waals surface area contributed by atoms with Crippen molar-refractivity contribution in [3.8, 4) is 11.8 Å². The van der Waals surface area contributed by atoms with Gasteiger partial charge in [-0.3, -0.25) is 14.7 Å². The number of hydrogen-bond donors (Lipinski definition) is 1. The topological polar surface area (TPSA) is 115 Å². The van der Waals surface area contributed by atoms with Crippen molar-refractivity contribution < 1.29 is 15.8 Å². The molecule has 3 fully saturated rings. The number of anilines is 1. The summed E-state index contributed by atoms with van der Waals surface area (Å²) in [6.07, 6.45) is 7.23. The quantitative estimate of drug-likeness (QED) is 0.608. The Morgan fingerprint density at radius 2 is 2.11 bits per heavy atom. The third-order valence-corrected chi connectivity index (χ3v) is 8.62. The van der Waals surface area contributed by atoms with Crippen molar-refractivity contribution in [2.45, 2.75) is 49.7 Å². The summed E-state index contributed by atoms with van der Waals surface area (Å²) in [5.41, 5.74) is 1.91. The Morgan fingerprint density at radius 1 is 1.28 bits per heavy atom. The van der Waals surface area contributed by atoms with Crippen LogP contribution < -0.4 is 9.64 Å². The van der Waals surface area contributed by atoms with E-state index in [1.807, 2.05) is 30.3 Å². The van der Waals surface area contributed by atoms with Gasteiger partial charge in [-0.15, -0.1) is 0 Å². The number of para-hydroxylation sites is 1. The molecule has 3 unspecified atom stereocenters. The highest BCUT2D eigenvalue weighted by atomic mass is 16.5. The second-order valence-corrected chi connectivity index (χ2v) is 10.6. The number of likely N-dealkylation sites (tertiary alicyclic amines) is 1. The number of carbonyl (C=O) groups is 2. The average molecular weight is 485 g/mol. The van der Waals surface area contributed by atoms with Gasteiger partial charge in [0.15, 0.2) is 5.65 Å². The predicted molar refractivity (Wildman–Crippen MR) is 132 cm³/mol. The van der Waals surface area contributed by atoms with E-state index in [2.05, 4.69) is 21.3 Å². The summed E-state index contributed by atoms with van der Waals surface area (Å²) in [6, 6.07) is 11.7. The summed E-state index contributed by atoms with van der Waals surface area (Å²) in [5.74, 6) is 1.33. The first-order valence-corrected chi connectivity index (χ1v) is 12.6. The van der Waals surface area contributed by atoms with E-state index in [1.54, 1.807) is 22.2 Å². The Hall–Kier alpha value is -3.93. The summed E-state index contributed by atoms with van der Waals surface area (Å²) in [5, 5.41) is 17.3. The first-order chi connectivity index (χ1) is 17.6. The molecule has 0 bridgehead atoms. The van der Waals surface area contributed by atoms with E-state index < -0.39 is 5.41 Å². The Bertz CT molecular complexity index is 1420. The molecule has 2 aromatic heterocycles. The molecule has 1 aromatic carbocycles. The molecule has 36 heavy (non-hydrogen) atoms. The van der Waals surface area contributed by atoms with E-state index >= 15 is 0 Å². The van der Waals surface area contributed by atoms with Crippen LogP contribution in [0, 0.1) is 23.2 Å². The zero-order chi connectivity index (χ0) is 24.4. The average Bonchev–Trinajstić information content (AvgIpc) is 3.25. The molecule has 1 spiro atoms. The van der Waals surface area contributed by atoms with Crippen LogP contribution in [-0.2, 0) is 15.0 Å². The summed E-state index contributed by atoms with van der Waals surface area (Å²) in [6.45, 7) is 0.626. The monoisotopic (exact) mass is 484 g/mol. The van der Waals surface area contributed by atoms with Crippen LogP contribution in [0.3, 0.4) is 0 Å². The smallest absolute Gasteiger partial charge is 0.243 e. The maximum atomic E-state index is 13.9. The number of piperidine rings is 1. The number of nitrogens with zero attached hydrogens (tertiary/aromatic N) is 5. The summed E-state index contributed by atoms with van der Waals surface area (Å²) in [4.78, 5) is 34.9. The summed E-state index contributed by atoms with van der Waals surface area (Å²) < 4.78 is 6.24. The third-order valence-electron chi connectivity index (χ3n) is 8.62. The zero-order valence-electron chi connectivity index (χ0n) is 19.8. The lowest BCUT2D eigenvalue weighted by atomic mass is 9.69. The van der Waals surface area contributed by atoms with E-state index in [9.17, 15) is 14.9 Å². The van der Waals surface area contributed by atoms with Gasteiger partial charge >= 0.3 is 0 Å². The fourth-order valence-corrected chi connectivity index (χ4v) is 6.63. The van der Waals surface area contributed by atoms with Gasteiger partial charge in [-0.2, -0.15) is 10.4 Å². The number of ether oxygens (including phenoxy) is 1. The largest absolute Gasteiger partial charge is 0.489 e. The summed E-state index contributed by atoms with van der Waals surface area (Å²) >= 11 is 0. The predicted octanol–water partition coefficient (Wildman–Crippen LogP) is 3.18. The van der Waals surface area contributed by atoms with Gasteiger partial charge in [0, 0.05) is 19.0 Å². The molecular formula is C27H28N6O3. The Kier molecular flexibility index (Phi) is 4.62. The number of nitrogens with one attached hydrogen (secondary N) is 1. The highest BCUT2D eigenvalue weighted by molar-refractivity contribution is 6.10. The second kappa shape index (κ2) is 7.79. The zero-order valence-corrected chi connectivity index (χ0v) is 19.8. The first kappa shape index (κ1) is 21.4. The molecule has 3 aromatic rings. The SMILES string of the molecule is N#CC1C2CC2CN1C(=O)CN1C(=O)C2(CCC(Oc3cnc4[nH]ncc4c3)CC2)c2ccccc21.[HH]. The van der Waals surface area contributed by atoms with Crippen LogP contribution in [-0.4, -0.2) is 57.1 Å². The number of hydrogen-bond acceptors (Lipinski definition) is 6. The molecule has 9 heteroatoms. The van der Waals surface area contributed by atoms with Gasteiger partial charge in [0.25, 0.3) is 0 Å². The molecule has 9 nitrogen and oxygen atoms in total. The first-order valence-electron chi connectivity index (χ1n) is 12.6. The number of nitriles is 1. The second-order valence-electron chi connectivity index (χ2n) is 10.6. The molecule has 1 N–H and O–H groups in total. The van der Waals surface area contributed by atoms with Crippen LogP contribution in [0.25, 0.3) is 11.0 Å². The number of aromatic amines is 1. The lowest BCUT2D eigenvalue weighted by Gasteiger charge is -2.36. The molecule has 0 radical (unpaired) electrons. The number of amides is 2. The van der Waals surface area contributed by atoms with Gasteiger partial charge in [-0.25, -0.2) is 4.98 Å². The van der Waals surface area contributed by atoms with Gasteiger partial charge in [-0.1, -0.05) is 18.2 Å². The van der Waals surface area contributed by atoms with Crippen molar-refractivity contribution in [1.29, 1.82) is 5.26 Å². The molecule has 7 rings (SSSR count). The van der Waals surface area contributed by atoms with Gasteiger partial charge in [-0.05, 0) is 61.6 Å². The van der Waals surface area contributed by atoms with E-state index in [0.29, 0.717) is 37.0 Å². The minimum atomic E-state index is -0.634. The van der Waals surface area contributed by atoms with Crippen molar-refractivity contribution in [1.82, 2.24) is 20.1 Å². The van der Waals surface area contributed by atoms with E-state index in [0.717, 1.165) is 41.5 Å². The highest BCUT2D eigenvalue weighted by Crippen LogP contribution is 2.51. The van der Waals surface area contributed by atoms with E-state index in [-0.39, 0.29) is 31.9 Å². The molecule has 1 saturated heterocycles. The maximum Gasteiger partial charge on any atom is 0.243 e. The lowest BCUT2D eigenvalue weighted by Crippen LogP contribution is -2.49. The standard InChI is InChI=1S/C27H26N6O3.H2/c28-11-23-20-10-17(20)14-32(23)24(34)15-33-22-4-2-1-3-21(22)27(26(33)35)7-5-18(6-8-27)36-19-9-16-12-30-31-25(16)29-13-19;/h1-4,9,12-13,17-18,20,23H,5-8,10,14-15H2,(H,29,30,31);1H. The Labute approximate surface area is 209 Å². The van der Waals surface area contributed by atoms with Crippen LogP contribution >= 0.6 is 0 Å². The van der Waals surface area contributed by atoms with Crippen molar-refractivity contribution in [3.63, 3.8) is 0 Å². The molecule has 4 aliphatic rings. The number of carbonyl (C=O) groups excluding carboxylic acids is 2. The van der Waals surface area contributed by atoms with Crippen LogP contribution in [0.5, 0.6) is 5.75 Å². The molecule has 2 aliphatic heterocycles. The molecule has 2 amide bonds. The number of benzene rings is 1. The summed E-state index contributed by atoms with van der Waals surface area (Å²) in [7, 11) is 0. The van der Waals surface area contributed by atoms with Crippen LogP contribution in [0.15, 0.2) is 42.7 Å². The molecule has 184 valence electrons. The lowest BCUT2D eigenvalue weighted by molar-refractivity contribution is -0.133. The fourth-order valence-electron chi connectivity index (χ4n) is 6.63. The van der Waals surface area contributed by atoms with E-state index in [4.69, 9.17) is 4.74 Å². The molecular weight excluding hydrogens is 456 g/mol. The Balaban J connectivity index is 0.00000252. The van der Waals surface area contributed by atoms with Gasteiger partial charge in [0.05, 0.1) is 30.0 Å². The number of pyridine rings is 1. The van der Waals surface area contributed by atoms with Crippen molar-refractivity contribution in [3.05, 3.63) is 48.3 Å². The number of aromatic nitrogens is 3. The minimum Gasteiger partial charge on any atom is -0.489 e. The normalized spacial score (nSPS) is 30.4. The fraction of sp³-hybridized carbons (Fsp3) is 0.444. The number of rotatable bonds is 4. The molecule has 3 atom stereocenters. The molecule has 4 heterocycles. The van der Waals surface area contributed by atoms with E-state index in [1.165, 1.54) is 0 Å². The van der Waals surface area contributed by atoms with Gasteiger partial charge in [0.2, 0.25) is 11.8 Å². The minimum absolute atomic E-state index is 0. The maximum absolute atomic E-state index is 13.9. The molecule has 2 saturated carbocycles. The van der Waals surface area contributed by atoms with Crippen molar-refractivity contribution in [2.75, 3.05) is 18.0 Å². The van der Waals surface area contributed by atoms with Gasteiger partial charge < -0.3 is 14.5 Å². The number of fused-ring (bicyclic) bond motifs is 4. The van der Waals surface area contributed by atoms with Crippen molar-refractivity contribution in [2.24, 2.45) is 11.8 Å². The third kappa shape index (κ3) is 3.13. The number of H-pyrrole nitrogens is 1.